The number of nitrogens with zero attached hydrogens (tertiary/aromatic N) is 1. The molecule has 1 amide bonds. The van der Waals surface area contributed by atoms with Crippen LogP contribution in [0.15, 0.2) is 77.7 Å². The second-order valence-electron chi connectivity index (χ2n) is 8.59. The van der Waals surface area contributed by atoms with Crippen molar-refractivity contribution in [3.05, 3.63) is 78.6 Å². The summed E-state index contributed by atoms with van der Waals surface area (Å²) in [4.78, 5) is 15.0. The summed E-state index contributed by atoms with van der Waals surface area (Å²) in [6.45, 7) is 3.89. The van der Waals surface area contributed by atoms with E-state index < -0.39 is 21.9 Å². The molecule has 0 saturated carbocycles. The molecule has 9 heteroatoms. The molecule has 1 atom stereocenters. The molecule has 1 aliphatic rings. The van der Waals surface area contributed by atoms with Gasteiger partial charge in [-0.25, -0.2) is 12.8 Å². The lowest BCUT2D eigenvalue weighted by Gasteiger charge is -2.28. The maximum Gasteiger partial charge on any atom is 0.261 e. The van der Waals surface area contributed by atoms with Crippen molar-refractivity contribution in [1.29, 1.82) is 0 Å². The summed E-state index contributed by atoms with van der Waals surface area (Å²) in [5.41, 5.74) is 2.92. The Morgan fingerprint density at radius 1 is 0.829 bits per heavy atom. The van der Waals surface area contributed by atoms with Crippen molar-refractivity contribution >= 4 is 38.7 Å². The molecular weight excluding hydrogens is 467 g/mol. The van der Waals surface area contributed by atoms with E-state index in [1.807, 2.05) is 24.3 Å². The number of carbonyl (C=O) groups is 1. The molecular formula is C26H29FN4O3S. The Morgan fingerprint density at radius 2 is 1.40 bits per heavy atom. The summed E-state index contributed by atoms with van der Waals surface area (Å²) in [6, 6.07) is 18.5. The summed E-state index contributed by atoms with van der Waals surface area (Å²) in [5, 5.41) is 6.03. The first-order chi connectivity index (χ1) is 16.8. The molecule has 7 nitrogen and oxygen atoms in total. The minimum Gasteiger partial charge on any atom is -0.374 e. The summed E-state index contributed by atoms with van der Waals surface area (Å²) >= 11 is 0. The van der Waals surface area contributed by atoms with E-state index in [0.29, 0.717) is 11.4 Å². The topological polar surface area (TPSA) is 90.5 Å². The highest BCUT2D eigenvalue weighted by atomic mass is 32.2. The number of carbonyl (C=O) groups excluding carboxylic acids is 1. The summed E-state index contributed by atoms with van der Waals surface area (Å²) in [6.07, 6.45) is 3.70. The van der Waals surface area contributed by atoms with Crippen molar-refractivity contribution in [3.8, 4) is 0 Å². The van der Waals surface area contributed by atoms with Crippen molar-refractivity contribution in [2.75, 3.05) is 33.3 Å². The van der Waals surface area contributed by atoms with E-state index in [4.69, 9.17) is 0 Å². The van der Waals surface area contributed by atoms with Crippen LogP contribution in [0.5, 0.6) is 0 Å². The molecule has 4 rings (SSSR count). The van der Waals surface area contributed by atoms with Gasteiger partial charge >= 0.3 is 0 Å². The second-order valence-corrected chi connectivity index (χ2v) is 10.3. The third-order valence-electron chi connectivity index (χ3n) is 5.89. The monoisotopic (exact) mass is 496 g/mol. The van der Waals surface area contributed by atoms with Crippen LogP contribution in [0.2, 0.25) is 0 Å². The van der Waals surface area contributed by atoms with Gasteiger partial charge in [0.25, 0.3) is 10.0 Å². The summed E-state index contributed by atoms with van der Waals surface area (Å²) in [5.74, 6) is -0.691. The SMILES string of the molecule is CC(Nc1ccc(NS(=O)(=O)c2ccc(F)cc2)cc1)C(=O)Nc1ccc(N2CCCCC2)cc1. The van der Waals surface area contributed by atoms with E-state index >= 15 is 0 Å². The normalized spacial score (nSPS) is 14.7. The van der Waals surface area contributed by atoms with Crippen LogP contribution in [-0.4, -0.2) is 33.5 Å². The molecule has 0 aliphatic carbocycles. The molecule has 1 unspecified atom stereocenters. The van der Waals surface area contributed by atoms with Gasteiger partial charge in [0.05, 0.1) is 4.90 Å². The van der Waals surface area contributed by atoms with Crippen LogP contribution in [0.1, 0.15) is 26.2 Å². The van der Waals surface area contributed by atoms with Crippen molar-refractivity contribution < 1.29 is 17.6 Å². The fraction of sp³-hybridized carbons (Fsp3) is 0.269. The van der Waals surface area contributed by atoms with Crippen LogP contribution in [0, 0.1) is 5.82 Å². The molecule has 3 aromatic carbocycles. The van der Waals surface area contributed by atoms with E-state index in [1.54, 1.807) is 31.2 Å². The van der Waals surface area contributed by atoms with Crippen molar-refractivity contribution in [3.63, 3.8) is 0 Å². The van der Waals surface area contributed by atoms with Gasteiger partial charge in [-0.2, -0.15) is 0 Å². The fourth-order valence-corrected chi connectivity index (χ4v) is 4.99. The Labute approximate surface area is 205 Å². The maximum atomic E-state index is 13.1. The molecule has 0 spiro atoms. The number of amides is 1. The number of halogens is 1. The van der Waals surface area contributed by atoms with Gasteiger partial charge < -0.3 is 15.5 Å². The number of benzene rings is 3. The first-order valence-electron chi connectivity index (χ1n) is 11.6. The quantitative estimate of drug-likeness (QED) is 0.406. The Morgan fingerprint density at radius 3 is 2.03 bits per heavy atom. The lowest BCUT2D eigenvalue weighted by Crippen LogP contribution is -2.32. The highest BCUT2D eigenvalue weighted by Gasteiger charge is 2.16. The number of rotatable bonds is 8. The van der Waals surface area contributed by atoms with Gasteiger partial charge in [0, 0.05) is 35.8 Å². The first kappa shape index (κ1) is 24.5. The minimum absolute atomic E-state index is 0.0321. The Balaban J connectivity index is 1.31. The fourth-order valence-electron chi connectivity index (χ4n) is 3.94. The first-order valence-corrected chi connectivity index (χ1v) is 13.1. The van der Waals surface area contributed by atoms with Gasteiger partial charge in [-0.1, -0.05) is 0 Å². The third kappa shape index (κ3) is 6.51. The smallest absolute Gasteiger partial charge is 0.261 e. The highest BCUT2D eigenvalue weighted by molar-refractivity contribution is 7.92. The van der Waals surface area contributed by atoms with Crippen LogP contribution < -0.4 is 20.3 Å². The minimum atomic E-state index is -3.83. The molecule has 0 aromatic heterocycles. The lowest BCUT2D eigenvalue weighted by atomic mass is 10.1. The van der Waals surface area contributed by atoms with Gasteiger partial charge in [-0.15, -0.1) is 0 Å². The number of piperidine rings is 1. The van der Waals surface area contributed by atoms with Gasteiger partial charge in [0.15, 0.2) is 0 Å². The third-order valence-corrected chi connectivity index (χ3v) is 7.29. The zero-order chi connectivity index (χ0) is 24.8. The molecule has 1 fully saturated rings. The maximum absolute atomic E-state index is 13.1. The molecule has 35 heavy (non-hydrogen) atoms. The van der Waals surface area contributed by atoms with Gasteiger partial charge in [-0.05, 0) is 99.0 Å². The van der Waals surface area contributed by atoms with Crippen LogP contribution in [0.4, 0.5) is 27.1 Å². The average Bonchev–Trinajstić information content (AvgIpc) is 2.86. The van der Waals surface area contributed by atoms with Gasteiger partial charge in [0.1, 0.15) is 11.9 Å². The number of hydrogen-bond acceptors (Lipinski definition) is 5. The zero-order valence-corrected chi connectivity index (χ0v) is 20.3. The van der Waals surface area contributed by atoms with Gasteiger partial charge in [0.2, 0.25) is 5.91 Å². The Bertz CT molecular complexity index is 1240. The molecule has 1 aliphatic heterocycles. The predicted molar refractivity (Wildman–Crippen MR) is 138 cm³/mol. The molecule has 0 bridgehead atoms. The van der Waals surface area contributed by atoms with Crippen molar-refractivity contribution in [1.82, 2.24) is 0 Å². The molecule has 0 radical (unpaired) electrons. The van der Waals surface area contributed by atoms with E-state index in [2.05, 4.69) is 20.3 Å². The number of anilines is 4. The van der Waals surface area contributed by atoms with E-state index in [0.717, 1.165) is 30.9 Å². The number of nitrogens with one attached hydrogen (secondary N) is 3. The summed E-state index contributed by atoms with van der Waals surface area (Å²) in [7, 11) is -3.83. The molecule has 3 aromatic rings. The predicted octanol–water partition coefficient (Wildman–Crippen LogP) is 5.06. The van der Waals surface area contributed by atoms with Crippen LogP contribution in [0.25, 0.3) is 0 Å². The number of sulfonamides is 1. The van der Waals surface area contributed by atoms with E-state index in [1.165, 1.54) is 37.1 Å². The Kier molecular flexibility index (Phi) is 7.55. The van der Waals surface area contributed by atoms with Crippen molar-refractivity contribution in [2.24, 2.45) is 0 Å². The zero-order valence-electron chi connectivity index (χ0n) is 19.5. The lowest BCUT2D eigenvalue weighted by molar-refractivity contribution is -0.116. The van der Waals surface area contributed by atoms with Crippen LogP contribution >= 0.6 is 0 Å². The van der Waals surface area contributed by atoms with Crippen molar-refractivity contribution in [2.45, 2.75) is 37.1 Å². The molecule has 1 saturated heterocycles. The standard InChI is InChI=1S/C26H29FN4O3S/c1-19(26(32)29-22-11-13-24(14-12-22)31-17-3-2-4-18-31)28-21-7-9-23(10-8-21)30-35(33,34)25-15-5-20(27)6-16-25/h5-16,19,28,30H,2-4,17-18H2,1H3,(H,29,32). The highest BCUT2D eigenvalue weighted by Crippen LogP contribution is 2.23. The van der Waals surface area contributed by atoms with Crippen LogP contribution in [-0.2, 0) is 14.8 Å². The molecule has 3 N–H and O–H groups in total. The molecule has 1 heterocycles. The van der Waals surface area contributed by atoms with E-state index in [9.17, 15) is 17.6 Å². The number of hydrogen-bond donors (Lipinski definition) is 3. The van der Waals surface area contributed by atoms with Crippen LogP contribution in [0.3, 0.4) is 0 Å². The molecule has 184 valence electrons. The van der Waals surface area contributed by atoms with E-state index in [-0.39, 0.29) is 10.8 Å². The Hall–Kier alpha value is -3.59. The van der Waals surface area contributed by atoms with Gasteiger partial charge in [-0.3, -0.25) is 9.52 Å². The second kappa shape index (κ2) is 10.8. The largest absolute Gasteiger partial charge is 0.374 e. The summed E-state index contributed by atoms with van der Waals surface area (Å²) < 4.78 is 40.4. The average molecular weight is 497 g/mol.